The summed E-state index contributed by atoms with van der Waals surface area (Å²) in [6.07, 6.45) is 5.34. The highest BCUT2D eigenvalue weighted by molar-refractivity contribution is 4.90. The van der Waals surface area contributed by atoms with Gasteiger partial charge in [0.1, 0.15) is 0 Å². The van der Waals surface area contributed by atoms with E-state index in [1.807, 2.05) is 0 Å². The van der Waals surface area contributed by atoms with Gasteiger partial charge in [0.25, 0.3) is 0 Å². The van der Waals surface area contributed by atoms with Crippen LogP contribution in [0, 0.1) is 22.2 Å². The minimum atomic E-state index is 0.446. The molecule has 0 bridgehead atoms. The topological polar surface area (TPSA) is 0 Å². The van der Waals surface area contributed by atoms with E-state index in [1.54, 1.807) is 0 Å². The molecule has 0 saturated carbocycles. The van der Waals surface area contributed by atoms with Gasteiger partial charge in [-0.05, 0) is 41.4 Å². The molecule has 17 heavy (non-hydrogen) atoms. The lowest BCUT2D eigenvalue weighted by Crippen LogP contribution is -2.39. The molecule has 0 aromatic rings. The minimum absolute atomic E-state index is 0.446. The molecule has 0 rings (SSSR count). The second kappa shape index (κ2) is 5.76. The van der Waals surface area contributed by atoms with E-state index in [0.717, 1.165) is 5.92 Å². The molecule has 0 spiro atoms. The summed E-state index contributed by atoms with van der Waals surface area (Å²) in [6, 6.07) is 0. The summed E-state index contributed by atoms with van der Waals surface area (Å²) in [6.45, 7) is 21.6. The van der Waals surface area contributed by atoms with Crippen LogP contribution in [0.1, 0.15) is 88.0 Å². The highest BCUT2D eigenvalue weighted by Gasteiger charge is 2.41. The molecule has 0 fully saturated rings. The summed E-state index contributed by atoms with van der Waals surface area (Å²) in [5, 5.41) is 0. The summed E-state index contributed by atoms with van der Waals surface area (Å²) < 4.78 is 0. The molecular weight excluding hydrogens is 204 g/mol. The van der Waals surface area contributed by atoms with E-state index in [2.05, 4.69) is 62.3 Å². The van der Waals surface area contributed by atoms with E-state index in [4.69, 9.17) is 0 Å². The van der Waals surface area contributed by atoms with Gasteiger partial charge in [0.05, 0.1) is 0 Å². The molecule has 0 saturated heterocycles. The van der Waals surface area contributed by atoms with Crippen LogP contribution in [0.5, 0.6) is 0 Å². The van der Waals surface area contributed by atoms with Crippen molar-refractivity contribution >= 4 is 0 Å². The molecule has 0 N–H and O–H groups in total. The maximum atomic E-state index is 2.48. The first kappa shape index (κ1) is 17.0. The third-order valence-corrected chi connectivity index (χ3v) is 5.28. The van der Waals surface area contributed by atoms with E-state index in [-0.39, 0.29) is 0 Å². The van der Waals surface area contributed by atoms with E-state index < -0.39 is 0 Å². The SMILES string of the molecule is CCC(C)(C(C)C)C(C)(C)CCCC(C)(C)C. The van der Waals surface area contributed by atoms with Crippen LogP contribution in [-0.4, -0.2) is 0 Å². The third kappa shape index (κ3) is 4.64. The average Bonchev–Trinajstić information content (AvgIpc) is 2.13. The van der Waals surface area contributed by atoms with Gasteiger partial charge < -0.3 is 0 Å². The van der Waals surface area contributed by atoms with Crippen LogP contribution in [0.15, 0.2) is 0 Å². The van der Waals surface area contributed by atoms with Crippen molar-refractivity contribution in [3.8, 4) is 0 Å². The monoisotopic (exact) mass is 240 g/mol. The fraction of sp³-hybridized carbons (Fsp3) is 1.00. The standard InChI is InChI=1S/C17H36/c1-10-17(9,14(2)3)16(7,8)13-11-12-15(4,5)6/h14H,10-13H2,1-9H3. The molecule has 0 heterocycles. The smallest absolute Gasteiger partial charge is 0.0254 e. The van der Waals surface area contributed by atoms with Crippen molar-refractivity contribution in [2.75, 3.05) is 0 Å². The molecule has 0 heteroatoms. The van der Waals surface area contributed by atoms with Crippen molar-refractivity contribution in [3.05, 3.63) is 0 Å². The zero-order chi connectivity index (χ0) is 13.9. The van der Waals surface area contributed by atoms with Crippen molar-refractivity contribution in [3.63, 3.8) is 0 Å². The van der Waals surface area contributed by atoms with Gasteiger partial charge in [-0.3, -0.25) is 0 Å². The second-order valence-electron chi connectivity index (χ2n) is 8.22. The average molecular weight is 240 g/mol. The zero-order valence-electron chi connectivity index (χ0n) is 13.9. The van der Waals surface area contributed by atoms with Crippen LogP contribution >= 0.6 is 0 Å². The van der Waals surface area contributed by atoms with Gasteiger partial charge in [-0.2, -0.15) is 0 Å². The van der Waals surface area contributed by atoms with Crippen molar-refractivity contribution in [2.24, 2.45) is 22.2 Å². The summed E-state index contributed by atoms with van der Waals surface area (Å²) in [5.74, 6) is 0.761. The third-order valence-electron chi connectivity index (χ3n) is 5.28. The molecular formula is C17H36. The van der Waals surface area contributed by atoms with Crippen molar-refractivity contribution in [1.82, 2.24) is 0 Å². The molecule has 0 aliphatic carbocycles. The van der Waals surface area contributed by atoms with Gasteiger partial charge in [-0.1, -0.05) is 68.7 Å². The Morgan fingerprint density at radius 1 is 0.824 bits per heavy atom. The first-order chi connectivity index (χ1) is 7.46. The molecule has 0 aliphatic heterocycles. The van der Waals surface area contributed by atoms with Crippen LogP contribution in [0.3, 0.4) is 0 Å². The van der Waals surface area contributed by atoms with Gasteiger partial charge >= 0.3 is 0 Å². The summed E-state index contributed by atoms with van der Waals surface area (Å²) in [5.41, 5.74) is 1.39. The largest absolute Gasteiger partial charge is 0.0648 e. The molecule has 104 valence electrons. The van der Waals surface area contributed by atoms with Gasteiger partial charge in [0.15, 0.2) is 0 Å². The van der Waals surface area contributed by atoms with E-state index in [1.165, 1.54) is 25.7 Å². The molecule has 0 aliphatic rings. The Hall–Kier alpha value is 0. The first-order valence-electron chi connectivity index (χ1n) is 7.46. The van der Waals surface area contributed by atoms with Gasteiger partial charge in [0, 0.05) is 0 Å². The highest BCUT2D eigenvalue weighted by Crippen LogP contribution is 2.50. The Morgan fingerprint density at radius 2 is 1.29 bits per heavy atom. The summed E-state index contributed by atoms with van der Waals surface area (Å²) in [4.78, 5) is 0. The van der Waals surface area contributed by atoms with Crippen molar-refractivity contribution < 1.29 is 0 Å². The fourth-order valence-electron chi connectivity index (χ4n) is 3.01. The Balaban J connectivity index is 4.55. The van der Waals surface area contributed by atoms with E-state index >= 15 is 0 Å². The lowest BCUT2D eigenvalue weighted by atomic mass is 9.57. The zero-order valence-corrected chi connectivity index (χ0v) is 13.9. The van der Waals surface area contributed by atoms with Crippen LogP contribution in [-0.2, 0) is 0 Å². The van der Waals surface area contributed by atoms with Gasteiger partial charge in [-0.25, -0.2) is 0 Å². The number of hydrogen-bond donors (Lipinski definition) is 0. The molecule has 0 nitrogen and oxygen atoms in total. The summed E-state index contributed by atoms with van der Waals surface area (Å²) in [7, 11) is 0. The Kier molecular flexibility index (Phi) is 5.76. The van der Waals surface area contributed by atoms with Crippen molar-refractivity contribution in [2.45, 2.75) is 88.0 Å². The maximum Gasteiger partial charge on any atom is -0.0254 e. The van der Waals surface area contributed by atoms with Crippen LogP contribution in [0.4, 0.5) is 0 Å². The number of rotatable bonds is 6. The van der Waals surface area contributed by atoms with Crippen LogP contribution < -0.4 is 0 Å². The van der Waals surface area contributed by atoms with E-state index in [0.29, 0.717) is 16.2 Å². The van der Waals surface area contributed by atoms with Crippen molar-refractivity contribution in [1.29, 1.82) is 0 Å². The Labute approximate surface area is 111 Å². The normalized spacial score (nSPS) is 17.3. The maximum absolute atomic E-state index is 2.48. The van der Waals surface area contributed by atoms with Gasteiger partial charge in [-0.15, -0.1) is 0 Å². The fourth-order valence-corrected chi connectivity index (χ4v) is 3.01. The van der Waals surface area contributed by atoms with E-state index in [9.17, 15) is 0 Å². The molecule has 0 aromatic carbocycles. The molecule has 1 unspecified atom stereocenters. The molecule has 1 atom stereocenters. The second-order valence-corrected chi connectivity index (χ2v) is 8.22. The number of hydrogen-bond acceptors (Lipinski definition) is 0. The first-order valence-corrected chi connectivity index (χ1v) is 7.46. The quantitative estimate of drug-likeness (QED) is 0.511. The minimum Gasteiger partial charge on any atom is -0.0648 e. The molecule has 0 aromatic heterocycles. The van der Waals surface area contributed by atoms with Crippen LogP contribution in [0.2, 0.25) is 0 Å². The summed E-state index contributed by atoms with van der Waals surface area (Å²) >= 11 is 0. The Morgan fingerprint density at radius 3 is 1.59 bits per heavy atom. The predicted octanol–water partition coefficient (Wildman–Crippen LogP) is 6.30. The van der Waals surface area contributed by atoms with Gasteiger partial charge in [0.2, 0.25) is 0 Å². The lowest BCUT2D eigenvalue weighted by Gasteiger charge is -2.48. The molecule has 0 radical (unpaired) electrons. The molecule has 0 amide bonds. The lowest BCUT2D eigenvalue weighted by molar-refractivity contribution is 0.0197. The van der Waals surface area contributed by atoms with Crippen LogP contribution in [0.25, 0.3) is 0 Å². The highest BCUT2D eigenvalue weighted by atomic mass is 14.5. The Bertz CT molecular complexity index is 217. The predicted molar refractivity (Wildman–Crippen MR) is 80.3 cm³/mol.